The first-order chi connectivity index (χ1) is 8.83. The second-order valence-corrected chi connectivity index (χ2v) is 3.64. The van der Waals surface area contributed by atoms with Crippen molar-refractivity contribution in [2.45, 2.75) is 12.7 Å². The summed E-state index contributed by atoms with van der Waals surface area (Å²) < 4.78 is 70.7. The van der Waals surface area contributed by atoms with Gasteiger partial charge in [-0.3, -0.25) is 0 Å². The van der Waals surface area contributed by atoms with Crippen LogP contribution in [-0.2, 0) is 11.3 Å². The Labute approximate surface area is 106 Å². The summed E-state index contributed by atoms with van der Waals surface area (Å²) >= 11 is 0. The van der Waals surface area contributed by atoms with Gasteiger partial charge in [-0.1, -0.05) is 0 Å². The minimum absolute atomic E-state index is 0.249. The third-order valence-electron chi connectivity index (χ3n) is 1.99. The number of hydrogen-bond donors (Lipinski definition) is 1. The van der Waals surface area contributed by atoms with Gasteiger partial charge in [-0.2, -0.15) is 13.2 Å². The SMILES string of the molecule is CNCc1cc(F)c(OCOCC(F)(F)F)c(F)c1. The molecule has 0 saturated carbocycles. The summed E-state index contributed by atoms with van der Waals surface area (Å²) in [6.45, 7) is -2.19. The smallest absolute Gasteiger partial charge is 0.411 e. The first-order valence-electron chi connectivity index (χ1n) is 5.23. The second kappa shape index (κ2) is 6.67. The molecule has 0 aromatic heterocycles. The monoisotopic (exact) mass is 285 g/mol. The molecule has 1 N–H and O–H groups in total. The summed E-state index contributed by atoms with van der Waals surface area (Å²) in [5.74, 6) is -2.76. The molecule has 108 valence electrons. The average molecular weight is 285 g/mol. The molecule has 1 aromatic rings. The van der Waals surface area contributed by atoms with Crippen molar-refractivity contribution >= 4 is 0 Å². The Morgan fingerprint density at radius 3 is 2.21 bits per heavy atom. The van der Waals surface area contributed by atoms with Gasteiger partial charge < -0.3 is 14.8 Å². The van der Waals surface area contributed by atoms with E-state index in [4.69, 9.17) is 0 Å². The third-order valence-corrected chi connectivity index (χ3v) is 1.99. The number of halogens is 5. The lowest BCUT2D eigenvalue weighted by Crippen LogP contribution is -2.19. The van der Waals surface area contributed by atoms with Crippen LogP contribution in [0.4, 0.5) is 22.0 Å². The largest absolute Gasteiger partial charge is 0.461 e. The number of rotatable bonds is 6. The Morgan fingerprint density at radius 2 is 1.74 bits per heavy atom. The molecule has 0 unspecified atom stereocenters. The van der Waals surface area contributed by atoms with Crippen molar-refractivity contribution in [2.24, 2.45) is 0 Å². The molecule has 0 aliphatic rings. The molecule has 0 radical (unpaired) electrons. The maximum absolute atomic E-state index is 13.4. The summed E-state index contributed by atoms with van der Waals surface area (Å²) in [6.07, 6.45) is -4.52. The quantitative estimate of drug-likeness (QED) is 0.495. The number of benzene rings is 1. The van der Waals surface area contributed by atoms with E-state index in [1.807, 2.05) is 0 Å². The minimum Gasteiger partial charge on any atom is -0.461 e. The van der Waals surface area contributed by atoms with Crippen molar-refractivity contribution in [1.82, 2.24) is 5.32 Å². The van der Waals surface area contributed by atoms with E-state index < -0.39 is 37.0 Å². The van der Waals surface area contributed by atoms with Gasteiger partial charge in [0.05, 0.1) is 0 Å². The molecule has 19 heavy (non-hydrogen) atoms. The highest BCUT2D eigenvalue weighted by Crippen LogP contribution is 2.23. The predicted octanol–water partition coefficient (Wildman–Crippen LogP) is 2.60. The third kappa shape index (κ3) is 5.39. The van der Waals surface area contributed by atoms with Gasteiger partial charge in [-0.05, 0) is 24.7 Å². The molecule has 0 bridgehead atoms. The molecule has 8 heteroatoms. The number of hydrogen-bond acceptors (Lipinski definition) is 3. The Bertz CT molecular complexity index is 399. The molecule has 0 amide bonds. The van der Waals surface area contributed by atoms with Crippen LogP contribution in [0.1, 0.15) is 5.56 Å². The molecule has 0 spiro atoms. The standard InChI is InChI=1S/C11H12F5NO2/c1-17-4-7-2-8(12)10(9(13)3-7)19-6-18-5-11(14,15)16/h2-3,17H,4-6H2,1H3. The maximum atomic E-state index is 13.4. The first kappa shape index (κ1) is 15.6. The Morgan fingerprint density at radius 1 is 1.16 bits per heavy atom. The summed E-state index contributed by atoms with van der Waals surface area (Å²) in [4.78, 5) is 0. The van der Waals surface area contributed by atoms with E-state index in [9.17, 15) is 22.0 Å². The topological polar surface area (TPSA) is 30.5 Å². The average Bonchev–Trinajstić information content (AvgIpc) is 2.26. The lowest BCUT2D eigenvalue weighted by Gasteiger charge is -2.11. The molecule has 0 aliphatic heterocycles. The minimum atomic E-state index is -4.52. The summed E-state index contributed by atoms with van der Waals surface area (Å²) in [5.41, 5.74) is 0.348. The van der Waals surface area contributed by atoms with Crippen LogP contribution in [0.2, 0.25) is 0 Å². The van der Waals surface area contributed by atoms with Gasteiger partial charge in [0.1, 0.15) is 6.61 Å². The summed E-state index contributed by atoms with van der Waals surface area (Å²) in [6, 6.07) is 2.05. The highest BCUT2D eigenvalue weighted by atomic mass is 19.4. The molecule has 3 nitrogen and oxygen atoms in total. The molecule has 0 fully saturated rings. The van der Waals surface area contributed by atoms with Gasteiger partial charge in [-0.25, -0.2) is 8.78 Å². The molecule has 0 saturated heterocycles. The predicted molar refractivity (Wildman–Crippen MR) is 56.6 cm³/mol. The highest BCUT2D eigenvalue weighted by molar-refractivity contribution is 5.31. The van der Waals surface area contributed by atoms with Crippen LogP contribution >= 0.6 is 0 Å². The molecule has 0 atom stereocenters. The molecular formula is C11H12F5NO2. The fourth-order valence-electron chi connectivity index (χ4n) is 1.31. The molecule has 1 rings (SSSR count). The second-order valence-electron chi connectivity index (χ2n) is 3.64. The van der Waals surface area contributed by atoms with Gasteiger partial charge in [0.2, 0.25) is 0 Å². The van der Waals surface area contributed by atoms with Gasteiger partial charge in [0.15, 0.2) is 24.2 Å². The Hall–Kier alpha value is -1.41. The van der Waals surface area contributed by atoms with Gasteiger partial charge in [-0.15, -0.1) is 0 Å². The highest BCUT2D eigenvalue weighted by Gasteiger charge is 2.27. The Balaban J connectivity index is 2.59. The van der Waals surface area contributed by atoms with Crippen LogP contribution in [0.3, 0.4) is 0 Å². The lowest BCUT2D eigenvalue weighted by atomic mass is 10.2. The van der Waals surface area contributed by atoms with E-state index in [1.54, 1.807) is 7.05 Å². The van der Waals surface area contributed by atoms with Gasteiger partial charge in [0, 0.05) is 6.54 Å². The summed E-state index contributed by atoms with van der Waals surface area (Å²) in [7, 11) is 1.60. The van der Waals surface area contributed by atoms with Crippen molar-refractivity contribution in [3.63, 3.8) is 0 Å². The van der Waals surface area contributed by atoms with Gasteiger partial charge in [0.25, 0.3) is 0 Å². The maximum Gasteiger partial charge on any atom is 0.411 e. The van der Waals surface area contributed by atoms with Crippen molar-refractivity contribution in [1.29, 1.82) is 0 Å². The van der Waals surface area contributed by atoms with Crippen molar-refractivity contribution in [3.8, 4) is 5.75 Å². The van der Waals surface area contributed by atoms with Crippen LogP contribution in [-0.4, -0.2) is 26.6 Å². The zero-order chi connectivity index (χ0) is 14.5. The normalized spacial score (nSPS) is 11.7. The van der Waals surface area contributed by atoms with Crippen LogP contribution in [0.25, 0.3) is 0 Å². The van der Waals surface area contributed by atoms with Crippen LogP contribution in [0.15, 0.2) is 12.1 Å². The van der Waals surface area contributed by atoms with E-state index in [0.717, 1.165) is 12.1 Å². The van der Waals surface area contributed by atoms with E-state index in [-0.39, 0.29) is 6.54 Å². The first-order valence-corrected chi connectivity index (χ1v) is 5.23. The summed E-state index contributed by atoms with van der Waals surface area (Å²) in [5, 5.41) is 2.70. The van der Waals surface area contributed by atoms with E-state index in [0.29, 0.717) is 5.56 Å². The number of ether oxygens (including phenoxy) is 2. The molecule has 0 heterocycles. The van der Waals surface area contributed by atoms with Crippen LogP contribution in [0, 0.1) is 11.6 Å². The van der Waals surface area contributed by atoms with E-state index in [2.05, 4.69) is 14.8 Å². The number of alkyl halides is 3. The zero-order valence-corrected chi connectivity index (χ0v) is 9.98. The lowest BCUT2D eigenvalue weighted by molar-refractivity contribution is -0.187. The Kier molecular flexibility index (Phi) is 5.49. The zero-order valence-electron chi connectivity index (χ0n) is 9.98. The fraction of sp³-hybridized carbons (Fsp3) is 0.455. The number of nitrogens with one attached hydrogen (secondary N) is 1. The molecule has 1 aromatic carbocycles. The van der Waals surface area contributed by atoms with Crippen LogP contribution < -0.4 is 10.1 Å². The van der Waals surface area contributed by atoms with E-state index in [1.165, 1.54) is 0 Å². The van der Waals surface area contributed by atoms with Crippen molar-refractivity contribution in [3.05, 3.63) is 29.3 Å². The molecular weight excluding hydrogens is 273 g/mol. The fourth-order valence-corrected chi connectivity index (χ4v) is 1.31. The van der Waals surface area contributed by atoms with Crippen LogP contribution in [0.5, 0.6) is 5.75 Å². The van der Waals surface area contributed by atoms with Crippen molar-refractivity contribution < 1.29 is 31.4 Å². The van der Waals surface area contributed by atoms with Crippen molar-refractivity contribution in [2.75, 3.05) is 20.4 Å². The molecule has 0 aliphatic carbocycles. The van der Waals surface area contributed by atoms with Gasteiger partial charge >= 0.3 is 6.18 Å². The van der Waals surface area contributed by atoms with E-state index >= 15 is 0 Å².